The Hall–Kier alpha value is 0.870. The minimum absolute atomic E-state index is 0. The van der Waals surface area contributed by atoms with E-state index in [-0.39, 0.29) is 36.0 Å². The summed E-state index contributed by atoms with van der Waals surface area (Å²) in [6, 6.07) is 0. The predicted molar refractivity (Wildman–Crippen MR) is 105 cm³/mol. The summed E-state index contributed by atoms with van der Waals surface area (Å²) in [7, 11) is -4.44. The molecule has 1 unspecified atom stereocenters. The van der Waals surface area contributed by atoms with Gasteiger partial charge in [0.25, 0.3) is 0 Å². The van der Waals surface area contributed by atoms with Crippen molar-refractivity contribution in [3.8, 4) is 0 Å². The molecule has 0 spiro atoms. The van der Waals surface area contributed by atoms with Crippen LogP contribution in [0.25, 0.3) is 0 Å². The van der Waals surface area contributed by atoms with Gasteiger partial charge < -0.3 is 9.66 Å². The number of rotatable bonds is 17. The average molecular weight is 401 g/mol. The van der Waals surface area contributed by atoms with Gasteiger partial charge in [0.15, 0.2) is 0 Å². The third kappa shape index (κ3) is 17.0. The van der Waals surface area contributed by atoms with Crippen molar-refractivity contribution < 1.29 is 47.6 Å². The van der Waals surface area contributed by atoms with E-state index < -0.39 is 21.0 Å². The summed E-state index contributed by atoms with van der Waals surface area (Å²) in [5.41, 5.74) is -1.46. The molecule has 0 saturated heterocycles. The zero-order valence-corrected chi connectivity index (χ0v) is 20.6. The molecule has 1 atom stereocenters. The first kappa shape index (κ1) is 29.1. The standard InChI is InChI=1S/C20H42O4S.Na/c1-4-5-6-7-8-9-10-11-12-13-14-15-16-17-18-19(20(2,3)21)25(22,23)24;/h19,21H,4-18H2,1-3H3,(H,22,23,24);/q;+1/p-1. The normalized spacial score (nSPS) is 13.4. The van der Waals surface area contributed by atoms with E-state index in [1.54, 1.807) is 0 Å². The molecule has 0 fully saturated rings. The van der Waals surface area contributed by atoms with Crippen LogP contribution in [0, 0.1) is 0 Å². The van der Waals surface area contributed by atoms with Crippen LogP contribution in [0.3, 0.4) is 0 Å². The Labute approximate surface area is 185 Å². The summed E-state index contributed by atoms with van der Waals surface area (Å²) < 4.78 is 33.7. The fourth-order valence-electron chi connectivity index (χ4n) is 3.38. The fourth-order valence-corrected chi connectivity index (χ4v) is 4.54. The Morgan fingerprint density at radius 1 is 0.769 bits per heavy atom. The van der Waals surface area contributed by atoms with E-state index >= 15 is 0 Å². The summed E-state index contributed by atoms with van der Waals surface area (Å²) >= 11 is 0. The third-order valence-corrected chi connectivity index (χ3v) is 6.47. The molecule has 0 aromatic heterocycles. The Bertz CT molecular complexity index is 405. The maximum absolute atomic E-state index is 11.2. The minimum atomic E-state index is -4.44. The van der Waals surface area contributed by atoms with E-state index in [2.05, 4.69) is 6.92 Å². The molecule has 0 bridgehead atoms. The Morgan fingerprint density at radius 3 is 1.35 bits per heavy atom. The summed E-state index contributed by atoms with van der Waals surface area (Å²) in [6.45, 7) is 5.05. The van der Waals surface area contributed by atoms with Gasteiger partial charge in [-0.1, -0.05) is 96.8 Å². The van der Waals surface area contributed by atoms with E-state index in [1.807, 2.05) is 0 Å². The molecule has 0 aliphatic rings. The molecule has 0 amide bonds. The topological polar surface area (TPSA) is 77.4 Å². The van der Waals surface area contributed by atoms with Gasteiger partial charge in [-0.2, -0.15) is 0 Å². The number of hydrogen-bond acceptors (Lipinski definition) is 4. The van der Waals surface area contributed by atoms with Gasteiger partial charge in [0.2, 0.25) is 0 Å². The molecule has 6 heteroatoms. The Morgan fingerprint density at radius 2 is 1.08 bits per heavy atom. The van der Waals surface area contributed by atoms with Crippen LogP contribution in [0.2, 0.25) is 0 Å². The first-order valence-electron chi connectivity index (χ1n) is 10.4. The molecular weight excluding hydrogens is 359 g/mol. The molecule has 0 aromatic carbocycles. The molecule has 0 radical (unpaired) electrons. The van der Waals surface area contributed by atoms with Gasteiger partial charge in [-0.3, -0.25) is 0 Å². The van der Waals surface area contributed by atoms with Crippen LogP contribution >= 0.6 is 0 Å². The van der Waals surface area contributed by atoms with Gasteiger partial charge in [0, 0.05) is 0 Å². The van der Waals surface area contributed by atoms with Crippen LogP contribution in [0.5, 0.6) is 0 Å². The van der Waals surface area contributed by atoms with Crippen molar-refractivity contribution in [3.63, 3.8) is 0 Å². The monoisotopic (exact) mass is 400 g/mol. The summed E-state index contributed by atoms with van der Waals surface area (Å²) in [6.07, 6.45) is 17.5. The van der Waals surface area contributed by atoms with Gasteiger partial charge in [0.1, 0.15) is 10.1 Å². The summed E-state index contributed by atoms with van der Waals surface area (Å²) in [4.78, 5) is 0. The average Bonchev–Trinajstić information content (AvgIpc) is 2.48. The maximum Gasteiger partial charge on any atom is 1.00 e. The van der Waals surface area contributed by atoms with Gasteiger partial charge in [0.05, 0.1) is 10.9 Å². The molecule has 0 saturated carbocycles. The van der Waals surface area contributed by atoms with Crippen molar-refractivity contribution >= 4 is 10.1 Å². The fraction of sp³-hybridized carbons (Fsp3) is 1.00. The zero-order valence-electron chi connectivity index (χ0n) is 17.8. The van der Waals surface area contributed by atoms with Gasteiger partial charge in [-0.25, -0.2) is 8.42 Å². The summed E-state index contributed by atoms with van der Waals surface area (Å²) in [5.74, 6) is 0. The first-order chi connectivity index (χ1) is 11.7. The van der Waals surface area contributed by atoms with E-state index in [1.165, 1.54) is 84.5 Å². The molecule has 4 nitrogen and oxygen atoms in total. The smallest absolute Gasteiger partial charge is 0.748 e. The van der Waals surface area contributed by atoms with Crippen LogP contribution < -0.4 is 29.6 Å². The first-order valence-corrected chi connectivity index (χ1v) is 11.8. The van der Waals surface area contributed by atoms with Crippen molar-refractivity contribution in [2.75, 3.05) is 0 Å². The molecule has 152 valence electrons. The zero-order chi connectivity index (χ0) is 19.2. The van der Waals surface area contributed by atoms with Crippen LogP contribution in [0.15, 0.2) is 0 Å². The molecule has 0 aliphatic heterocycles. The summed E-state index contributed by atoms with van der Waals surface area (Å²) in [5, 5.41) is 8.64. The van der Waals surface area contributed by atoms with E-state index in [0.717, 1.165) is 12.8 Å². The number of hydrogen-bond donors (Lipinski definition) is 1. The molecule has 0 aliphatic carbocycles. The van der Waals surface area contributed by atoms with Crippen LogP contribution in [0.4, 0.5) is 0 Å². The molecule has 26 heavy (non-hydrogen) atoms. The Kier molecular flexibility index (Phi) is 18.8. The van der Waals surface area contributed by atoms with E-state index in [9.17, 15) is 18.1 Å². The second-order valence-corrected chi connectivity index (χ2v) is 9.57. The van der Waals surface area contributed by atoms with E-state index in [0.29, 0.717) is 6.42 Å². The molecular formula is C20H41NaO4S. The van der Waals surface area contributed by atoms with Crippen LogP contribution in [-0.2, 0) is 10.1 Å². The van der Waals surface area contributed by atoms with Crippen LogP contribution in [-0.4, -0.2) is 28.9 Å². The van der Waals surface area contributed by atoms with Crippen molar-refractivity contribution in [2.24, 2.45) is 0 Å². The second-order valence-electron chi connectivity index (χ2n) is 8.02. The SMILES string of the molecule is CCCCCCCCCCCCCCCCC(C(C)(C)O)S(=O)(=O)[O-].[Na+]. The molecule has 0 aromatic rings. The number of unbranched alkanes of at least 4 members (excludes halogenated alkanes) is 13. The number of aliphatic hydroxyl groups is 1. The Balaban J connectivity index is 0. The molecule has 1 N–H and O–H groups in total. The molecule has 0 heterocycles. The van der Waals surface area contributed by atoms with Crippen molar-refractivity contribution in [1.29, 1.82) is 0 Å². The van der Waals surface area contributed by atoms with Crippen molar-refractivity contribution in [3.05, 3.63) is 0 Å². The second kappa shape index (κ2) is 16.8. The minimum Gasteiger partial charge on any atom is -0.748 e. The van der Waals surface area contributed by atoms with Crippen LogP contribution in [0.1, 0.15) is 117 Å². The maximum atomic E-state index is 11.2. The van der Waals surface area contributed by atoms with Gasteiger partial charge in [-0.15, -0.1) is 0 Å². The largest absolute Gasteiger partial charge is 1.00 e. The third-order valence-electron chi connectivity index (χ3n) is 4.96. The van der Waals surface area contributed by atoms with Gasteiger partial charge in [-0.05, 0) is 20.3 Å². The van der Waals surface area contributed by atoms with Crippen molar-refractivity contribution in [2.45, 2.75) is 128 Å². The van der Waals surface area contributed by atoms with Gasteiger partial charge >= 0.3 is 29.6 Å². The quantitative estimate of drug-likeness (QED) is 0.231. The predicted octanol–water partition coefficient (Wildman–Crippen LogP) is 2.55. The van der Waals surface area contributed by atoms with Crippen molar-refractivity contribution in [1.82, 2.24) is 0 Å². The van der Waals surface area contributed by atoms with E-state index in [4.69, 9.17) is 0 Å². The molecule has 0 rings (SSSR count).